The molecule has 36 heavy (non-hydrogen) atoms. The lowest BCUT2D eigenvalue weighted by Crippen LogP contribution is -1.95. The minimum absolute atomic E-state index is 1.19. The number of para-hydroxylation sites is 4. The summed E-state index contributed by atoms with van der Waals surface area (Å²) in [5.74, 6) is 0. The van der Waals surface area contributed by atoms with Crippen molar-refractivity contribution in [2.45, 2.75) is 0 Å². The van der Waals surface area contributed by atoms with Crippen LogP contribution in [0.3, 0.4) is 0 Å². The van der Waals surface area contributed by atoms with E-state index in [-0.39, 0.29) is 0 Å². The Morgan fingerprint density at radius 3 is 1.67 bits per heavy atom. The van der Waals surface area contributed by atoms with Crippen LogP contribution in [-0.2, 0) is 0 Å². The molecule has 0 saturated heterocycles. The summed E-state index contributed by atoms with van der Waals surface area (Å²) in [6.07, 6.45) is 0. The average molecular weight is 457 g/mol. The van der Waals surface area contributed by atoms with Gasteiger partial charge in [0.15, 0.2) is 0 Å². The van der Waals surface area contributed by atoms with Crippen LogP contribution in [0.25, 0.3) is 76.4 Å². The fourth-order valence-electron chi connectivity index (χ4n) is 6.69. The molecule has 3 aromatic heterocycles. The molecule has 9 aromatic rings. The Kier molecular flexibility index (Phi) is 3.31. The highest BCUT2D eigenvalue weighted by atomic mass is 15.0. The summed E-state index contributed by atoms with van der Waals surface area (Å²) in [7, 11) is 0. The lowest BCUT2D eigenvalue weighted by atomic mass is 9.98. The van der Waals surface area contributed by atoms with E-state index in [0.717, 1.165) is 0 Å². The number of rotatable bonds is 1. The maximum atomic E-state index is 2.53. The summed E-state index contributed by atoms with van der Waals surface area (Å²) in [5, 5.41) is 10.5. The van der Waals surface area contributed by atoms with Crippen LogP contribution in [0.1, 0.15) is 0 Å². The Bertz CT molecular complexity index is 2290. The number of benzene rings is 6. The summed E-state index contributed by atoms with van der Waals surface area (Å²) in [5.41, 5.74) is 7.56. The zero-order valence-electron chi connectivity index (χ0n) is 19.4. The minimum Gasteiger partial charge on any atom is -0.307 e. The monoisotopic (exact) mass is 456 g/mol. The van der Waals surface area contributed by atoms with Gasteiger partial charge >= 0.3 is 0 Å². The zero-order valence-corrected chi connectivity index (χ0v) is 19.4. The van der Waals surface area contributed by atoms with Crippen molar-refractivity contribution in [3.63, 3.8) is 0 Å². The van der Waals surface area contributed by atoms with E-state index in [1.54, 1.807) is 0 Å². The van der Waals surface area contributed by atoms with Crippen molar-refractivity contribution < 1.29 is 0 Å². The van der Waals surface area contributed by atoms with Crippen LogP contribution in [0.15, 0.2) is 121 Å². The van der Waals surface area contributed by atoms with E-state index in [1.165, 1.54) is 76.4 Å². The van der Waals surface area contributed by atoms with Crippen molar-refractivity contribution in [2.24, 2.45) is 0 Å². The molecule has 0 aliphatic carbocycles. The van der Waals surface area contributed by atoms with Crippen molar-refractivity contribution in [2.75, 3.05) is 0 Å². The predicted octanol–water partition coefficient (Wildman–Crippen LogP) is 9.09. The number of aromatic nitrogens is 2. The maximum Gasteiger partial charge on any atom is 0.0795 e. The molecule has 0 spiro atoms. The SMILES string of the molecule is c1ccc(-n2c3ccccc3c3c4ccccc4c4c5cccc6c7ccccc7n(c65)c4c32)cc1. The van der Waals surface area contributed by atoms with Gasteiger partial charge in [-0.2, -0.15) is 0 Å². The highest BCUT2D eigenvalue weighted by molar-refractivity contribution is 6.38. The van der Waals surface area contributed by atoms with Crippen molar-refractivity contribution in [1.82, 2.24) is 8.97 Å². The van der Waals surface area contributed by atoms with E-state index in [9.17, 15) is 0 Å². The molecular weight excluding hydrogens is 436 g/mol. The molecular formula is C34H20N2. The molecule has 0 radical (unpaired) electrons. The summed E-state index contributed by atoms with van der Waals surface area (Å²) < 4.78 is 5.00. The molecule has 0 fully saturated rings. The third-order valence-corrected chi connectivity index (χ3v) is 8.00. The Balaban J connectivity index is 1.74. The lowest BCUT2D eigenvalue weighted by molar-refractivity contribution is 1.18. The molecule has 0 amide bonds. The Hall–Kier alpha value is -4.82. The van der Waals surface area contributed by atoms with Gasteiger partial charge in [0, 0.05) is 38.0 Å². The van der Waals surface area contributed by atoms with Crippen LogP contribution in [0.2, 0.25) is 0 Å². The molecule has 3 heterocycles. The van der Waals surface area contributed by atoms with E-state index in [0.29, 0.717) is 0 Å². The van der Waals surface area contributed by atoms with Crippen molar-refractivity contribution >= 4 is 70.7 Å². The van der Waals surface area contributed by atoms with Gasteiger partial charge in [-0.1, -0.05) is 97.1 Å². The van der Waals surface area contributed by atoms with Crippen molar-refractivity contribution in [1.29, 1.82) is 0 Å². The van der Waals surface area contributed by atoms with Crippen LogP contribution in [0, 0.1) is 0 Å². The fourth-order valence-corrected chi connectivity index (χ4v) is 6.69. The molecule has 6 aromatic carbocycles. The quantitative estimate of drug-likeness (QED) is 0.233. The van der Waals surface area contributed by atoms with E-state index in [4.69, 9.17) is 0 Å². The molecule has 2 heteroatoms. The summed E-state index contributed by atoms with van der Waals surface area (Å²) in [6, 6.07) is 44.2. The van der Waals surface area contributed by atoms with Gasteiger partial charge in [0.25, 0.3) is 0 Å². The van der Waals surface area contributed by atoms with E-state index >= 15 is 0 Å². The largest absolute Gasteiger partial charge is 0.307 e. The highest BCUT2D eigenvalue weighted by Crippen LogP contribution is 2.48. The summed E-state index contributed by atoms with van der Waals surface area (Å²) >= 11 is 0. The number of fused-ring (bicyclic) bond motifs is 13. The Labute approximate surface area is 206 Å². The van der Waals surface area contributed by atoms with E-state index in [1.807, 2.05) is 0 Å². The van der Waals surface area contributed by atoms with Crippen molar-refractivity contribution in [3.8, 4) is 5.69 Å². The van der Waals surface area contributed by atoms with Crippen LogP contribution < -0.4 is 0 Å². The number of nitrogens with zero attached hydrogens (tertiary/aromatic N) is 2. The maximum absolute atomic E-state index is 2.53. The van der Waals surface area contributed by atoms with Gasteiger partial charge < -0.3 is 8.97 Å². The average Bonchev–Trinajstić information content (AvgIpc) is 3.59. The third kappa shape index (κ3) is 2.06. The Morgan fingerprint density at radius 2 is 0.889 bits per heavy atom. The second kappa shape index (κ2) is 6.44. The van der Waals surface area contributed by atoms with Gasteiger partial charge in [-0.25, -0.2) is 0 Å². The predicted molar refractivity (Wildman–Crippen MR) is 153 cm³/mol. The topological polar surface area (TPSA) is 9.34 Å². The first-order chi connectivity index (χ1) is 17.9. The number of hydrogen-bond acceptors (Lipinski definition) is 0. The minimum atomic E-state index is 1.19. The smallest absolute Gasteiger partial charge is 0.0795 e. The van der Waals surface area contributed by atoms with Crippen LogP contribution >= 0.6 is 0 Å². The fraction of sp³-hybridized carbons (Fsp3) is 0. The van der Waals surface area contributed by atoms with Gasteiger partial charge in [-0.05, 0) is 35.0 Å². The summed E-state index contributed by atoms with van der Waals surface area (Å²) in [4.78, 5) is 0. The molecule has 0 aliphatic heterocycles. The van der Waals surface area contributed by atoms with E-state index in [2.05, 4.69) is 130 Å². The van der Waals surface area contributed by atoms with Gasteiger partial charge in [0.2, 0.25) is 0 Å². The third-order valence-electron chi connectivity index (χ3n) is 8.00. The highest BCUT2D eigenvalue weighted by Gasteiger charge is 2.25. The second-order valence-corrected chi connectivity index (χ2v) is 9.74. The molecule has 0 atom stereocenters. The Morgan fingerprint density at radius 1 is 0.333 bits per heavy atom. The first-order valence-corrected chi connectivity index (χ1v) is 12.5. The van der Waals surface area contributed by atoms with Crippen molar-refractivity contribution in [3.05, 3.63) is 121 Å². The van der Waals surface area contributed by atoms with Crippen LogP contribution in [-0.4, -0.2) is 8.97 Å². The second-order valence-electron chi connectivity index (χ2n) is 9.74. The number of hydrogen-bond donors (Lipinski definition) is 0. The first kappa shape index (κ1) is 18.5. The van der Waals surface area contributed by atoms with Gasteiger partial charge in [-0.3, -0.25) is 0 Å². The molecule has 166 valence electrons. The van der Waals surface area contributed by atoms with Gasteiger partial charge in [0.05, 0.1) is 27.6 Å². The van der Waals surface area contributed by atoms with Crippen LogP contribution in [0.4, 0.5) is 0 Å². The van der Waals surface area contributed by atoms with Gasteiger partial charge in [0.1, 0.15) is 0 Å². The molecule has 0 N–H and O–H groups in total. The molecule has 0 saturated carbocycles. The zero-order chi connectivity index (χ0) is 23.4. The van der Waals surface area contributed by atoms with Gasteiger partial charge in [-0.15, -0.1) is 0 Å². The molecule has 2 nitrogen and oxygen atoms in total. The summed E-state index contributed by atoms with van der Waals surface area (Å²) in [6.45, 7) is 0. The lowest BCUT2D eigenvalue weighted by Gasteiger charge is -2.11. The molecule has 0 aliphatic rings. The first-order valence-electron chi connectivity index (χ1n) is 12.5. The molecule has 0 bridgehead atoms. The molecule has 9 rings (SSSR count). The van der Waals surface area contributed by atoms with Crippen LogP contribution in [0.5, 0.6) is 0 Å². The van der Waals surface area contributed by atoms with E-state index < -0.39 is 0 Å². The normalized spacial score (nSPS) is 12.4. The standard InChI is InChI=1S/C34H20N2/c1-2-11-21(12-3-1)35-29-20-9-7-16-26(29)30-23-14-4-5-15-24(23)31-27-18-10-17-25-22-13-6-8-19-28(22)36(32(25)27)34(31)33(30)35/h1-20H. The molecule has 0 unspecified atom stereocenters.